The molecule has 78 valence electrons. The molecule has 1 aromatic heterocycles. The van der Waals surface area contributed by atoms with Crippen LogP contribution in [0, 0.1) is 0 Å². The van der Waals surface area contributed by atoms with Gasteiger partial charge in [-0.3, -0.25) is 9.89 Å². The lowest BCUT2D eigenvalue weighted by Gasteiger charge is -2.16. The summed E-state index contributed by atoms with van der Waals surface area (Å²) in [5.41, 5.74) is 5.52. The van der Waals surface area contributed by atoms with E-state index in [9.17, 15) is 4.79 Å². The highest BCUT2D eigenvalue weighted by molar-refractivity contribution is 5.76. The number of aromatic nitrogens is 3. The Labute approximate surface area is 82.5 Å². The second-order valence-corrected chi connectivity index (χ2v) is 3.36. The van der Waals surface area contributed by atoms with E-state index >= 15 is 0 Å². The Kier molecular flexibility index (Phi) is 3.58. The van der Waals surface area contributed by atoms with Gasteiger partial charge in [0, 0.05) is 19.5 Å². The summed E-state index contributed by atoms with van der Waals surface area (Å²) >= 11 is 0. The number of nitrogens with two attached hydrogens (primary N) is 1. The van der Waals surface area contributed by atoms with Crippen LogP contribution in [0.4, 0.5) is 0 Å². The van der Waals surface area contributed by atoms with E-state index in [1.165, 1.54) is 6.33 Å². The van der Waals surface area contributed by atoms with Crippen LogP contribution in [-0.4, -0.2) is 39.1 Å². The van der Waals surface area contributed by atoms with Gasteiger partial charge in [0.15, 0.2) is 0 Å². The molecule has 0 bridgehead atoms. The zero-order valence-electron chi connectivity index (χ0n) is 8.40. The molecule has 3 N–H and O–H groups in total. The van der Waals surface area contributed by atoms with Crippen molar-refractivity contribution in [3.8, 4) is 0 Å². The fourth-order valence-electron chi connectivity index (χ4n) is 1.05. The number of aromatic amines is 1. The van der Waals surface area contributed by atoms with Crippen LogP contribution in [0.25, 0.3) is 0 Å². The number of hydrogen-bond donors (Lipinski definition) is 2. The third-order valence-electron chi connectivity index (χ3n) is 1.77. The van der Waals surface area contributed by atoms with Gasteiger partial charge < -0.3 is 10.6 Å². The smallest absolute Gasteiger partial charge is 0.224 e. The van der Waals surface area contributed by atoms with Crippen molar-refractivity contribution < 1.29 is 4.79 Å². The van der Waals surface area contributed by atoms with Gasteiger partial charge in [0.2, 0.25) is 5.91 Å². The number of hydrogen-bond acceptors (Lipinski definition) is 4. The van der Waals surface area contributed by atoms with Crippen LogP contribution in [0.5, 0.6) is 0 Å². The van der Waals surface area contributed by atoms with Gasteiger partial charge in [-0.1, -0.05) is 0 Å². The zero-order valence-corrected chi connectivity index (χ0v) is 8.40. The number of rotatable bonds is 4. The summed E-state index contributed by atoms with van der Waals surface area (Å²) in [6, 6.07) is -0.111. The quantitative estimate of drug-likeness (QED) is 0.681. The van der Waals surface area contributed by atoms with E-state index in [1.54, 1.807) is 18.9 Å². The Balaban J connectivity index is 2.42. The van der Waals surface area contributed by atoms with Crippen LogP contribution in [-0.2, 0) is 11.3 Å². The molecule has 0 aliphatic rings. The summed E-state index contributed by atoms with van der Waals surface area (Å²) in [5, 5.41) is 6.39. The predicted octanol–water partition coefficient (Wildman–Crippen LogP) is -0.500. The summed E-state index contributed by atoms with van der Waals surface area (Å²) < 4.78 is 0. The maximum Gasteiger partial charge on any atom is 0.224 e. The Morgan fingerprint density at radius 1 is 1.79 bits per heavy atom. The van der Waals surface area contributed by atoms with E-state index in [-0.39, 0.29) is 11.9 Å². The number of nitrogens with one attached hydrogen (secondary N) is 1. The predicted molar refractivity (Wildman–Crippen MR) is 51.1 cm³/mol. The first-order valence-corrected chi connectivity index (χ1v) is 4.43. The van der Waals surface area contributed by atoms with Crippen molar-refractivity contribution in [1.82, 2.24) is 20.1 Å². The lowest BCUT2D eigenvalue weighted by atomic mass is 10.2. The molecule has 1 heterocycles. The first-order chi connectivity index (χ1) is 6.59. The molecule has 0 saturated carbocycles. The molecule has 1 amide bonds. The lowest BCUT2D eigenvalue weighted by Crippen LogP contribution is -2.31. The normalized spacial score (nSPS) is 12.5. The minimum Gasteiger partial charge on any atom is -0.338 e. The van der Waals surface area contributed by atoms with Gasteiger partial charge in [-0.2, -0.15) is 5.10 Å². The van der Waals surface area contributed by atoms with Crippen LogP contribution in [0.2, 0.25) is 0 Å². The average Bonchev–Trinajstić information content (AvgIpc) is 2.55. The second-order valence-electron chi connectivity index (χ2n) is 3.36. The summed E-state index contributed by atoms with van der Waals surface area (Å²) in [4.78, 5) is 17.0. The van der Waals surface area contributed by atoms with E-state index < -0.39 is 0 Å². The number of carbonyl (C=O) groups is 1. The fraction of sp³-hybridized carbons (Fsp3) is 0.625. The van der Waals surface area contributed by atoms with E-state index in [2.05, 4.69) is 15.2 Å². The van der Waals surface area contributed by atoms with Crippen molar-refractivity contribution in [2.75, 3.05) is 7.05 Å². The zero-order chi connectivity index (χ0) is 10.6. The molecule has 1 aromatic rings. The van der Waals surface area contributed by atoms with Crippen LogP contribution in [0.15, 0.2) is 6.33 Å². The lowest BCUT2D eigenvalue weighted by molar-refractivity contribution is -0.130. The molecule has 6 nitrogen and oxygen atoms in total. The Hall–Kier alpha value is -1.43. The van der Waals surface area contributed by atoms with Crippen LogP contribution < -0.4 is 5.73 Å². The number of carbonyl (C=O) groups excluding carboxylic acids is 1. The first-order valence-electron chi connectivity index (χ1n) is 4.43. The summed E-state index contributed by atoms with van der Waals surface area (Å²) in [7, 11) is 1.72. The SMILES string of the molecule is CC(N)CC(=O)N(C)Cc1ncn[nH]1. The van der Waals surface area contributed by atoms with Crippen molar-refractivity contribution in [3.63, 3.8) is 0 Å². The molecule has 0 aromatic carbocycles. The van der Waals surface area contributed by atoms with Gasteiger partial charge in [0.1, 0.15) is 12.2 Å². The highest BCUT2D eigenvalue weighted by Crippen LogP contribution is 1.98. The van der Waals surface area contributed by atoms with Crippen LogP contribution in [0.3, 0.4) is 0 Å². The maximum atomic E-state index is 11.5. The van der Waals surface area contributed by atoms with Crippen molar-refractivity contribution >= 4 is 5.91 Å². The van der Waals surface area contributed by atoms with Crippen molar-refractivity contribution in [2.45, 2.75) is 25.9 Å². The average molecular weight is 197 g/mol. The van der Waals surface area contributed by atoms with Gasteiger partial charge in [-0.05, 0) is 6.92 Å². The van der Waals surface area contributed by atoms with Crippen molar-refractivity contribution in [2.24, 2.45) is 5.73 Å². The third-order valence-corrected chi connectivity index (χ3v) is 1.77. The molecule has 14 heavy (non-hydrogen) atoms. The topological polar surface area (TPSA) is 87.9 Å². The molecule has 0 aliphatic heterocycles. The van der Waals surface area contributed by atoms with E-state index in [0.29, 0.717) is 18.8 Å². The van der Waals surface area contributed by atoms with Crippen molar-refractivity contribution in [1.29, 1.82) is 0 Å². The van der Waals surface area contributed by atoms with Gasteiger partial charge in [-0.15, -0.1) is 0 Å². The number of H-pyrrole nitrogens is 1. The molecule has 0 saturated heterocycles. The molecule has 0 spiro atoms. The molecular formula is C8H15N5O. The second kappa shape index (κ2) is 4.71. The summed E-state index contributed by atoms with van der Waals surface area (Å²) in [6.07, 6.45) is 1.77. The fourth-order valence-corrected chi connectivity index (χ4v) is 1.05. The van der Waals surface area contributed by atoms with E-state index in [0.717, 1.165) is 0 Å². The highest BCUT2D eigenvalue weighted by Gasteiger charge is 2.11. The van der Waals surface area contributed by atoms with E-state index in [1.807, 2.05) is 0 Å². The molecule has 1 rings (SSSR count). The minimum atomic E-state index is -0.111. The number of amides is 1. The molecule has 0 aliphatic carbocycles. The first kappa shape index (κ1) is 10.6. The summed E-state index contributed by atoms with van der Waals surface area (Å²) in [6.45, 7) is 2.24. The van der Waals surface area contributed by atoms with Gasteiger partial charge in [-0.25, -0.2) is 4.98 Å². The molecule has 1 atom stereocenters. The molecule has 0 radical (unpaired) electrons. The molecule has 1 unspecified atom stereocenters. The van der Waals surface area contributed by atoms with Gasteiger partial charge in [0.25, 0.3) is 0 Å². The third kappa shape index (κ3) is 3.14. The van der Waals surface area contributed by atoms with Crippen LogP contribution >= 0.6 is 0 Å². The maximum absolute atomic E-state index is 11.5. The Morgan fingerprint density at radius 2 is 2.50 bits per heavy atom. The Bertz CT molecular complexity index is 282. The monoisotopic (exact) mass is 197 g/mol. The van der Waals surface area contributed by atoms with Crippen LogP contribution in [0.1, 0.15) is 19.2 Å². The largest absolute Gasteiger partial charge is 0.338 e. The van der Waals surface area contributed by atoms with E-state index in [4.69, 9.17) is 5.73 Å². The minimum absolute atomic E-state index is 0.0106. The summed E-state index contributed by atoms with van der Waals surface area (Å²) in [5.74, 6) is 0.682. The van der Waals surface area contributed by atoms with Crippen molar-refractivity contribution in [3.05, 3.63) is 12.2 Å². The highest BCUT2D eigenvalue weighted by atomic mass is 16.2. The number of nitrogens with zero attached hydrogens (tertiary/aromatic N) is 3. The molecule has 0 fully saturated rings. The molecule has 6 heteroatoms. The Morgan fingerprint density at radius 3 is 3.00 bits per heavy atom. The van der Waals surface area contributed by atoms with Gasteiger partial charge >= 0.3 is 0 Å². The standard InChI is InChI=1S/C8H15N5O/c1-6(9)3-8(14)13(2)4-7-10-5-11-12-7/h5-6H,3-4,9H2,1-2H3,(H,10,11,12). The molecular weight excluding hydrogens is 182 g/mol. The van der Waals surface area contributed by atoms with Gasteiger partial charge in [0.05, 0.1) is 6.54 Å².